The second-order valence-corrected chi connectivity index (χ2v) is 5.41. The Bertz CT molecular complexity index is 563. The maximum Gasteiger partial charge on any atom is 0.145 e. The van der Waals surface area contributed by atoms with Crippen LogP contribution in [0.25, 0.3) is 0 Å². The number of halogens is 4. The molecule has 2 aromatic carbocycles. The second-order valence-electron chi connectivity index (χ2n) is 4.59. The normalized spacial score (nSPS) is 11.1. The largest absolute Gasteiger partial charge is 0.327 e. The highest BCUT2D eigenvalue weighted by atomic mass is 35.5. The van der Waals surface area contributed by atoms with Gasteiger partial charge in [-0.1, -0.05) is 47.5 Å². The van der Waals surface area contributed by atoms with Crippen molar-refractivity contribution in [1.82, 2.24) is 0 Å². The lowest BCUT2D eigenvalue weighted by Gasteiger charge is -2.13. The van der Waals surface area contributed by atoms with E-state index in [4.69, 9.17) is 28.9 Å². The van der Waals surface area contributed by atoms with E-state index in [0.717, 1.165) is 0 Å². The third-order valence-electron chi connectivity index (χ3n) is 3.03. The Morgan fingerprint density at radius 2 is 1.25 bits per heavy atom. The van der Waals surface area contributed by atoms with Crippen LogP contribution in [-0.2, 0) is 12.8 Å². The molecule has 0 spiro atoms. The van der Waals surface area contributed by atoms with Gasteiger partial charge in [-0.15, -0.1) is 0 Å². The van der Waals surface area contributed by atoms with Gasteiger partial charge < -0.3 is 5.73 Å². The van der Waals surface area contributed by atoms with Crippen molar-refractivity contribution in [3.8, 4) is 0 Å². The van der Waals surface area contributed by atoms with Gasteiger partial charge in [0.15, 0.2) is 0 Å². The van der Waals surface area contributed by atoms with Crippen LogP contribution >= 0.6 is 23.2 Å². The van der Waals surface area contributed by atoms with Crippen molar-refractivity contribution in [2.45, 2.75) is 18.9 Å². The minimum absolute atomic E-state index is 0.0589. The van der Waals surface area contributed by atoms with Crippen LogP contribution in [0.3, 0.4) is 0 Å². The van der Waals surface area contributed by atoms with Gasteiger partial charge >= 0.3 is 0 Å². The van der Waals surface area contributed by atoms with Crippen LogP contribution in [0.4, 0.5) is 8.78 Å². The summed E-state index contributed by atoms with van der Waals surface area (Å²) in [5.74, 6) is -0.952. The summed E-state index contributed by atoms with van der Waals surface area (Å²) in [7, 11) is 0. The van der Waals surface area contributed by atoms with Gasteiger partial charge in [0.1, 0.15) is 11.6 Å². The number of rotatable bonds is 4. The van der Waals surface area contributed by atoms with Crippen molar-refractivity contribution >= 4 is 23.2 Å². The summed E-state index contributed by atoms with van der Waals surface area (Å²) in [6.45, 7) is 0. The number of nitrogens with two attached hydrogens (primary N) is 1. The molecule has 2 rings (SSSR count). The molecule has 0 aromatic heterocycles. The lowest BCUT2D eigenvalue weighted by molar-refractivity contribution is 0.566. The zero-order valence-corrected chi connectivity index (χ0v) is 12.1. The molecular formula is C15H13Cl2F2N. The SMILES string of the molecule is NC(Cc1cccc(Cl)c1F)Cc1cccc(Cl)c1F. The Hall–Kier alpha value is -1.16. The third-order valence-corrected chi connectivity index (χ3v) is 3.61. The summed E-state index contributed by atoms with van der Waals surface area (Å²) in [6, 6.07) is 9.09. The van der Waals surface area contributed by atoms with Crippen molar-refractivity contribution in [3.05, 3.63) is 69.2 Å². The van der Waals surface area contributed by atoms with E-state index < -0.39 is 17.7 Å². The van der Waals surface area contributed by atoms with E-state index in [9.17, 15) is 8.78 Å². The topological polar surface area (TPSA) is 26.0 Å². The molecule has 0 saturated carbocycles. The van der Waals surface area contributed by atoms with Gasteiger partial charge in [-0.25, -0.2) is 8.78 Å². The molecule has 0 fully saturated rings. The smallest absolute Gasteiger partial charge is 0.145 e. The average molecular weight is 316 g/mol. The average Bonchev–Trinajstić information content (AvgIpc) is 2.40. The molecule has 5 heteroatoms. The molecule has 0 aliphatic carbocycles. The van der Waals surface area contributed by atoms with Crippen LogP contribution in [0.5, 0.6) is 0 Å². The molecule has 0 atom stereocenters. The second kappa shape index (κ2) is 6.53. The zero-order valence-electron chi connectivity index (χ0n) is 10.5. The first kappa shape index (κ1) is 15.2. The van der Waals surface area contributed by atoms with Gasteiger partial charge in [0.25, 0.3) is 0 Å². The summed E-state index contributed by atoms with van der Waals surface area (Å²) < 4.78 is 27.5. The molecule has 0 saturated heterocycles. The van der Waals surface area contributed by atoms with E-state index in [-0.39, 0.29) is 22.9 Å². The predicted molar refractivity (Wildman–Crippen MR) is 78.2 cm³/mol. The third kappa shape index (κ3) is 3.48. The molecule has 0 heterocycles. The Morgan fingerprint density at radius 3 is 1.65 bits per heavy atom. The molecule has 0 bridgehead atoms. The highest BCUT2D eigenvalue weighted by molar-refractivity contribution is 6.31. The number of hydrogen-bond acceptors (Lipinski definition) is 1. The van der Waals surface area contributed by atoms with Crippen LogP contribution in [0.2, 0.25) is 10.0 Å². The summed E-state index contributed by atoms with van der Waals surface area (Å²) in [4.78, 5) is 0. The number of hydrogen-bond donors (Lipinski definition) is 1. The van der Waals surface area contributed by atoms with E-state index in [2.05, 4.69) is 0 Å². The summed E-state index contributed by atoms with van der Waals surface area (Å²) in [5, 5.41) is 0.118. The quantitative estimate of drug-likeness (QED) is 0.890. The Labute approximate surface area is 126 Å². The maximum absolute atomic E-state index is 13.8. The van der Waals surface area contributed by atoms with Crippen LogP contribution in [0, 0.1) is 11.6 Å². The maximum atomic E-state index is 13.8. The fourth-order valence-corrected chi connectivity index (χ4v) is 2.44. The number of benzene rings is 2. The molecule has 0 aliphatic heterocycles. The fraction of sp³-hybridized carbons (Fsp3) is 0.200. The van der Waals surface area contributed by atoms with E-state index in [1.165, 1.54) is 12.1 Å². The standard InChI is InChI=1S/C15H13Cl2F2N/c16-12-5-1-3-9(14(12)18)7-11(20)8-10-4-2-6-13(17)15(10)19/h1-6,11H,7-8,20H2. The molecule has 20 heavy (non-hydrogen) atoms. The summed E-state index contributed by atoms with van der Waals surface area (Å²) >= 11 is 11.4. The van der Waals surface area contributed by atoms with Crippen molar-refractivity contribution in [1.29, 1.82) is 0 Å². The van der Waals surface area contributed by atoms with E-state index in [1.54, 1.807) is 24.3 Å². The molecule has 1 nitrogen and oxygen atoms in total. The molecule has 0 amide bonds. The minimum atomic E-state index is -0.476. The van der Waals surface area contributed by atoms with Gasteiger partial charge in [-0.2, -0.15) is 0 Å². The predicted octanol–water partition coefficient (Wildman–Crippen LogP) is 4.38. The first-order valence-electron chi connectivity index (χ1n) is 6.10. The Kier molecular flexibility index (Phi) is 4.97. The lowest BCUT2D eigenvalue weighted by Crippen LogP contribution is -2.26. The summed E-state index contributed by atoms with van der Waals surface area (Å²) in [5.41, 5.74) is 6.80. The van der Waals surface area contributed by atoms with Gasteiger partial charge in [0.2, 0.25) is 0 Å². The molecular weight excluding hydrogens is 303 g/mol. The Balaban J connectivity index is 2.11. The van der Waals surface area contributed by atoms with Crippen molar-refractivity contribution in [3.63, 3.8) is 0 Å². The first-order chi connectivity index (χ1) is 9.49. The minimum Gasteiger partial charge on any atom is -0.327 e. The van der Waals surface area contributed by atoms with Gasteiger partial charge in [-0.3, -0.25) is 0 Å². The van der Waals surface area contributed by atoms with E-state index >= 15 is 0 Å². The molecule has 0 radical (unpaired) electrons. The van der Waals surface area contributed by atoms with Gasteiger partial charge in [0.05, 0.1) is 10.0 Å². The van der Waals surface area contributed by atoms with Gasteiger partial charge in [-0.05, 0) is 36.1 Å². The Morgan fingerprint density at radius 1 is 0.850 bits per heavy atom. The molecule has 0 unspecified atom stereocenters. The highest BCUT2D eigenvalue weighted by Crippen LogP contribution is 2.22. The van der Waals surface area contributed by atoms with E-state index in [1.807, 2.05) is 0 Å². The van der Waals surface area contributed by atoms with Crippen molar-refractivity contribution in [2.24, 2.45) is 5.73 Å². The van der Waals surface area contributed by atoms with Crippen LogP contribution < -0.4 is 5.73 Å². The first-order valence-corrected chi connectivity index (χ1v) is 6.86. The molecule has 106 valence electrons. The van der Waals surface area contributed by atoms with Crippen LogP contribution in [-0.4, -0.2) is 6.04 Å². The lowest BCUT2D eigenvalue weighted by atomic mass is 9.99. The molecule has 2 aromatic rings. The fourth-order valence-electron chi connectivity index (χ4n) is 2.05. The molecule has 0 aliphatic rings. The van der Waals surface area contributed by atoms with Crippen LogP contribution in [0.1, 0.15) is 11.1 Å². The summed E-state index contributed by atoms with van der Waals surface area (Å²) in [6.07, 6.45) is 0.552. The van der Waals surface area contributed by atoms with Crippen molar-refractivity contribution < 1.29 is 8.78 Å². The molecule has 2 N–H and O–H groups in total. The monoisotopic (exact) mass is 315 g/mol. The van der Waals surface area contributed by atoms with Crippen molar-refractivity contribution in [2.75, 3.05) is 0 Å². The highest BCUT2D eigenvalue weighted by Gasteiger charge is 2.14. The zero-order chi connectivity index (χ0) is 14.7. The van der Waals surface area contributed by atoms with Crippen LogP contribution in [0.15, 0.2) is 36.4 Å². The van der Waals surface area contributed by atoms with E-state index in [0.29, 0.717) is 11.1 Å². The van der Waals surface area contributed by atoms with Gasteiger partial charge in [0, 0.05) is 6.04 Å².